The molecule has 9 nitrogen and oxygen atoms in total. The highest BCUT2D eigenvalue weighted by Crippen LogP contribution is 2.34. The minimum atomic E-state index is -0.849. The second kappa shape index (κ2) is 9.33. The summed E-state index contributed by atoms with van der Waals surface area (Å²) < 4.78 is 5.62. The number of hydrogen-bond donors (Lipinski definition) is 2. The van der Waals surface area contributed by atoms with Crippen molar-refractivity contribution in [3.05, 3.63) is 68.5 Å². The molecule has 0 fully saturated rings. The first kappa shape index (κ1) is 21.2. The fraction of sp³-hybridized carbons (Fsp3) is 0.105. The van der Waals surface area contributed by atoms with Gasteiger partial charge < -0.3 is 15.4 Å². The number of rotatable bonds is 7. The number of hydrogen-bond acceptors (Lipinski definition) is 7. The standard InChI is InChI=1S/C19H14ClN3O6S/c20-17-11-5-1-4-8-14(11)30-18(17)19(26)21-9-16(25)29-10-15(24)22-12-6-2-3-7-13(12)23(27)28/h1-8H,9-10H2,(H,21,26)(H,22,24). The molecule has 154 valence electrons. The number of carbonyl (C=O) groups excluding carboxylic acids is 3. The van der Waals surface area contributed by atoms with E-state index in [9.17, 15) is 24.5 Å². The Kier molecular flexibility index (Phi) is 6.60. The summed E-state index contributed by atoms with van der Waals surface area (Å²) in [7, 11) is 0. The average Bonchev–Trinajstić information content (AvgIpc) is 3.07. The van der Waals surface area contributed by atoms with Gasteiger partial charge in [0.05, 0.1) is 9.95 Å². The number of nitro benzene ring substituents is 1. The van der Waals surface area contributed by atoms with Gasteiger partial charge in [-0.15, -0.1) is 11.3 Å². The smallest absolute Gasteiger partial charge is 0.325 e. The van der Waals surface area contributed by atoms with Crippen LogP contribution in [0.3, 0.4) is 0 Å². The normalized spacial score (nSPS) is 10.4. The van der Waals surface area contributed by atoms with Crippen LogP contribution >= 0.6 is 22.9 Å². The quantitative estimate of drug-likeness (QED) is 0.324. The maximum atomic E-state index is 12.3. The first-order valence-corrected chi connectivity index (χ1v) is 9.70. The van der Waals surface area contributed by atoms with Crippen LogP contribution in [0.15, 0.2) is 48.5 Å². The van der Waals surface area contributed by atoms with Gasteiger partial charge in [-0.1, -0.05) is 41.9 Å². The minimum absolute atomic E-state index is 0.0174. The number of anilines is 1. The van der Waals surface area contributed by atoms with Crippen molar-refractivity contribution in [2.45, 2.75) is 0 Å². The molecule has 30 heavy (non-hydrogen) atoms. The van der Waals surface area contributed by atoms with E-state index in [1.54, 1.807) is 12.1 Å². The van der Waals surface area contributed by atoms with E-state index in [1.807, 2.05) is 12.1 Å². The predicted octanol–water partition coefficient (Wildman–Crippen LogP) is 3.37. The zero-order valence-electron chi connectivity index (χ0n) is 15.2. The summed E-state index contributed by atoms with van der Waals surface area (Å²) in [5, 5.41) is 16.7. The van der Waals surface area contributed by atoms with Crippen LogP contribution < -0.4 is 10.6 Å². The van der Waals surface area contributed by atoms with Crippen molar-refractivity contribution in [1.82, 2.24) is 5.32 Å². The van der Waals surface area contributed by atoms with E-state index in [-0.39, 0.29) is 16.3 Å². The summed E-state index contributed by atoms with van der Waals surface area (Å²) in [6, 6.07) is 12.8. The van der Waals surface area contributed by atoms with Crippen molar-refractivity contribution in [3.63, 3.8) is 0 Å². The Balaban J connectivity index is 1.50. The molecule has 11 heteroatoms. The van der Waals surface area contributed by atoms with E-state index in [1.165, 1.54) is 35.6 Å². The molecule has 0 atom stereocenters. The summed E-state index contributed by atoms with van der Waals surface area (Å²) in [5.41, 5.74) is -0.305. The van der Waals surface area contributed by atoms with Crippen molar-refractivity contribution < 1.29 is 24.0 Å². The first-order valence-electron chi connectivity index (χ1n) is 8.51. The topological polar surface area (TPSA) is 128 Å². The van der Waals surface area contributed by atoms with E-state index < -0.39 is 35.9 Å². The molecule has 0 unspecified atom stereocenters. The van der Waals surface area contributed by atoms with Gasteiger partial charge >= 0.3 is 5.97 Å². The molecule has 0 saturated heterocycles. The highest BCUT2D eigenvalue weighted by atomic mass is 35.5. The van der Waals surface area contributed by atoms with Gasteiger partial charge in [0.15, 0.2) is 6.61 Å². The fourth-order valence-corrected chi connectivity index (χ4v) is 3.95. The highest BCUT2D eigenvalue weighted by molar-refractivity contribution is 7.21. The van der Waals surface area contributed by atoms with Gasteiger partial charge in [-0.2, -0.15) is 0 Å². The molecule has 0 bridgehead atoms. The molecule has 1 heterocycles. The van der Waals surface area contributed by atoms with E-state index in [4.69, 9.17) is 16.3 Å². The summed E-state index contributed by atoms with van der Waals surface area (Å²) in [6.45, 7) is -1.13. The monoisotopic (exact) mass is 447 g/mol. The molecular weight excluding hydrogens is 434 g/mol. The SMILES string of the molecule is O=C(COC(=O)CNC(=O)c1sc2ccccc2c1Cl)Nc1ccccc1[N+](=O)[O-]. The Bertz CT molecular complexity index is 1150. The van der Waals surface area contributed by atoms with Crippen molar-refractivity contribution >= 4 is 62.2 Å². The van der Waals surface area contributed by atoms with Crippen molar-refractivity contribution in [2.75, 3.05) is 18.5 Å². The molecule has 1 aromatic heterocycles. The zero-order chi connectivity index (χ0) is 21.7. The summed E-state index contributed by atoms with van der Waals surface area (Å²) >= 11 is 7.41. The molecule has 0 saturated carbocycles. The Labute approximate surface area is 178 Å². The Morgan fingerprint density at radius 3 is 2.53 bits per heavy atom. The van der Waals surface area contributed by atoms with Crippen LogP contribution in [0.1, 0.15) is 9.67 Å². The van der Waals surface area contributed by atoms with Gasteiger partial charge in [-0.25, -0.2) is 0 Å². The molecule has 2 aromatic carbocycles. The number of nitrogens with one attached hydrogen (secondary N) is 2. The van der Waals surface area contributed by atoms with Gasteiger partial charge in [0.2, 0.25) is 0 Å². The number of nitro groups is 1. The van der Waals surface area contributed by atoms with Crippen LogP contribution in [-0.4, -0.2) is 35.9 Å². The molecule has 3 aromatic rings. The number of esters is 1. The van der Waals surface area contributed by atoms with E-state index >= 15 is 0 Å². The van der Waals surface area contributed by atoms with Crippen molar-refractivity contribution in [3.8, 4) is 0 Å². The Morgan fingerprint density at radius 2 is 1.80 bits per heavy atom. The zero-order valence-corrected chi connectivity index (χ0v) is 16.8. The fourth-order valence-electron chi connectivity index (χ4n) is 2.51. The third kappa shape index (κ3) is 4.91. The van der Waals surface area contributed by atoms with Gasteiger partial charge in [0.1, 0.15) is 17.1 Å². The molecule has 0 aliphatic carbocycles. The third-order valence-corrected chi connectivity index (χ3v) is 5.55. The largest absolute Gasteiger partial charge is 0.454 e. The molecule has 2 amide bonds. The number of fused-ring (bicyclic) bond motifs is 1. The van der Waals surface area contributed by atoms with E-state index in [0.29, 0.717) is 5.02 Å². The van der Waals surface area contributed by atoms with Gasteiger partial charge in [0, 0.05) is 16.2 Å². The third-order valence-electron chi connectivity index (χ3n) is 3.87. The number of nitrogens with zero attached hydrogens (tertiary/aromatic N) is 1. The number of amides is 2. The summed E-state index contributed by atoms with van der Waals surface area (Å²) in [4.78, 5) is 46.5. The average molecular weight is 448 g/mol. The van der Waals surface area contributed by atoms with Crippen molar-refractivity contribution in [2.24, 2.45) is 0 Å². The number of thiophene rings is 1. The lowest BCUT2D eigenvalue weighted by atomic mass is 10.2. The molecule has 0 aliphatic rings. The minimum Gasteiger partial charge on any atom is -0.454 e. The molecule has 0 spiro atoms. The van der Waals surface area contributed by atoms with Crippen LogP contribution in [0.2, 0.25) is 5.02 Å². The number of benzene rings is 2. The van der Waals surface area contributed by atoms with Crippen LogP contribution in [-0.2, 0) is 14.3 Å². The Hall–Kier alpha value is -3.50. The van der Waals surface area contributed by atoms with Crippen LogP contribution in [0.5, 0.6) is 0 Å². The number of halogens is 1. The van der Waals surface area contributed by atoms with Crippen molar-refractivity contribution in [1.29, 1.82) is 0 Å². The number of ether oxygens (including phenoxy) is 1. The van der Waals surface area contributed by atoms with E-state index in [2.05, 4.69) is 10.6 Å². The second-order valence-corrected chi connectivity index (χ2v) is 7.34. The Morgan fingerprint density at radius 1 is 1.10 bits per heavy atom. The summed E-state index contributed by atoms with van der Waals surface area (Å²) in [6.07, 6.45) is 0. The van der Waals surface area contributed by atoms with Crippen LogP contribution in [0, 0.1) is 10.1 Å². The maximum Gasteiger partial charge on any atom is 0.325 e. The molecular formula is C19H14ClN3O6S. The lowest BCUT2D eigenvalue weighted by Crippen LogP contribution is -2.32. The van der Waals surface area contributed by atoms with Crippen LogP contribution in [0.4, 0.5) is 11.4 Å². The lowest BCUT2D eigenvalue weighted by Gasteiger charge is -2.07. The number of para-hydroxylation sites is 2. The molecule has 0 aliphatic heterocycles. The van der Waals surface area contributed by atoms with Gasteiger partial charge in [0.25, 0.3) is 17.5 Å². The highest BCUT2D eigenvalue weighted by Gasteiger charge is 2.19. The molecule has 3 rings (SSSR count). The number of carbonyl (C=O) groups is 3. The maximum absolute atomic E-state index is 12.3. The predicted molar refractivity (Wildman–Crippen MR) is 112 cm³/mol. The molecule has 0 radical (unpaired) electrons. The van der Waals surface area contributed by atoms with Crippen LogP contribution in [0.25, 0.3) is 10.1 Å². The second-order valence-electron chi connectivity index (χ2n) is 5.91. The van der Waals surface area contributed by atoms with Gasteiger partial charge in [-0.05, 0) is 12.1 Å². The first-order chi connectivity index (χ1) is 14.4. The summed E-state index contributed by atoms with van der Waals surface area (Å²) in [5.74, 6) is -2.14. The lowest BCUT2D eigenvalue weighted by molar-refractivity contribution is -0.383. The molecule has 2 N–H and O–H groups in total. The van der Waals surface area contributed by atoms with E-state index in [0.717, 1.165) is 10.1 Å². The van der Waals surface area contributed by atoms with Gasteiger partial charge in [-0.3, -0.25) is 24.5 Å².